The van der Waals surface area contributed by atoms with Crippen molar-refractivity contribution in [3.8, 4) is 0 Å². The number of carbonyl (C=O) groups excluding carboxylic acids is 1. The van der Waals surface area contributed by atoms with E-state index in [-0.39, 0.29) is 5.78 Å². The lowest BCUT2D eigenvalue weighted by molar-refractivity contribution is 0.104. The highest BCUT2D eigenvalue weighted by atomic mass is 32.2. The van der Waals surface area contributed by atoms with Crippen LogP contribution in [0.2, 0.25) is 0 Å². The van der Waals surface area contributed by atoms with Crippen molar-refractivity contribution in [3.05, 3.63) is 56.3 Å². The van der Waals surface area contributed by atoms with Gasteiger partial charge >= 0.3 is 0 Å². The number of aryl methyl sites for hydroxylation is 3. The molecule has 1 aromatic heterocycles. The summed E-state index contributed by atoms with van der Waals surface area (Å²) in [5.41, 5.74) is 5.07. The lowest BCUT2D eigenvalue weighted by Gasteiger charge is -2.08. The number of fused-ring (bicyclic) bond motifs is 2. The Morgan fingerprint density at radius 1 is 1.00 bits per heavy atom. The molecular weight excluding hydrogens is 284 g/mol. The van der Waals surface area contributed by atoms with E-state index in [9.17, 15) is 4.79 Å². The number of thioether (sulfide) groups is 1. The molecule has 0 N–H and O–H groups in total. The molecule has 0 saturated carbocycles. The van der Waals surface area contributed by atoms with Crippen molar-refractivity contribution in [1.29, 1.82) is 0 Å². The van der Waals surface area contributed by atoms with Gasteiger partial charge in [-0.3, -0.25) is 4.79 Å². The molecule has 2 aromatic rings. The lowest BCUT2D eigenvalue weighted by atomic mass is 10.0. The highest BCUT2D eigenvalue weighted by Gasteiger charge is 2.20. The Balaban J connectivity index is 1.68. The van der Waals surface area contributed by atoms with E-state index in [1.54, 1.807) is 11.3 Å². The van der Waals surface area contributed by atoms with E-state index in [0.29, 0.717) is 0 Å². The Kier molecular flexibility index (Phi) is 3.20. The molecular formula is C17H16OS2. The number of hydrogen-bond acceptors (Lipinski definition) is 3. The van der Waals surface area contributed by atoms with Gasteiger partial charge in [0.2, 0.25) is 5.78 Å². The molecule has 0 fully saturated rings. The van der Waals surface area contributed by atoms with Crippen molar-refractivity contribution < 1.29 is 4.79 Å². The standard InChI is InChI=1S/C17H16OS2/c18-17(13-5-4-11-2-1-3-12(11)8-13)16-9-14-10-19-7-6-15(14)20-16/h4-5,8-9H,1-3,6-7,10H2. The molecule has 1 aliphatic carbocycles. The Labute approximate surface area is 127 Å². The zero-order valence-corrected chi connectivity index (χ0v) is 12.9. The molecule has 0 bridgehead atoms. The summed E-state index contributed by atoms with van der Waals surface area (Å²) in [6, 6.07) is 8.42. The first kappa shape index (κ1) is 12.7. The minimum Gasteiger partial charge on any atom is -0.288 e. The summed E-state index contributed by atoms with van der Waals surface area (Å²) < 4.78 is 0. The van der Waals surface area contributed by atoms with Crippen molar-refractivity contribution >= 4 is 28.9 Å². The van der Waals surface area contributed by atoms with Gasteiger partial charge in [0.05, 0.1) is 4.88 Å². The van der Waals surface area contributed by atoms with Crippen LogP contribution >= 0.6 is 23.1 Å². The van der Waals surface area contributed by atoms with Gasteiger partial charge in [0.1, 0.15) is 0 Å². The van der Waals surface area contributed by atoms with Crippen molar-refractivity contribution in [2.75, 3.05) is 5.75 Å². The Morgan fingerprint density at radius 3 is 2.80 bits per heavy atom. The molecule has 102 valence electrons. The second kappa shape index (κ2) is 5.05. The summed E-state index contributed by atoms with van der Waals surface area (Å²) in [7, 11) is 0. The Hall–Kier alpha value is -1.06. The molecule has 2 heterocycles. The van der Waals surface area contributed by atoms with E-state index in [1.807, 2.05) is 17.8 Å². The second-order valence-corrected chi connectivity index (χ2v) is 7.77. The van der Waals surface area contributed by atoms with E-state index in [4.69, 9.17) is 0 Å². The lowest BCUT2D eigenvalue weighted by Crippen LogP contribution is -2.00. The summed E-state index contributed by atoms with van der Waals surface area (Å²) in [4.78, 5) is 15.0. The van der Waals surface area contributed by atoms with Crippen LogP contribution in [0.1, 0.15) is 43.2 Å². The summed E-state index contributed by atoms with van der Waals surface area (Å²) >= 11 is 3.68. The van der Waals surface area contributed by atoms with E-state index < -0.39 is 0 Å². The van der Waals surface area contributed by atoms with Crippen LogP contribution in [0.15, 0.2) is 24.3 Å². The first-order valence-corrected chi connectivity index (χ1v) is 9.14. The topological polar surface area (TPSA) is 17.1 Å². The smallest absolute Gasteiger partial charge is 0.202 e. The van der Waals surface area contributed by atoms with Crippen LogP contribution in [0, 0.1) is 0 Å². The predicted octanol–water partition coefficient (Wildman–Crippen LogP) is 4.26. The molecule has 0 radical (unpaired) electrons. The van der Waals surface area contributed by atoms with Crippen molar-refractivity contribution in [2.45, 2.75) is 31.4 Å². The van der Waals surface area contributed by atoms with Crippen LogP contribution in [-0.2, 0) is 25.0 Å². The molecule has 2 aliphatic rings. The number of ketones is 1. The molecule has 1 aromatic carbocycles. The van der Waals surface area contributed by atoms with E-state index >= 15 is 0 Å². The van der Waals surface area contributed by atoms with Crippen LogP contribution < -0.4 is 0 Å². The van der Waals surface area contributed by atoms with Crippen LogP contribution in [0.3, 0.4) is 0 Å². The van der Waals surface area contributed by atoms with E-state index in [2.05, 4.69) is 18.2 Å². The first-order chi connectivity index (χ1) is 9.81. The number of rotatable bonds is 2. The van der Waals surface area contributed by atoms with Crippen molar-refractivity contribution in [2.24, 2.45) is 0 Å². The molecule has 0 unspecified atom stereocenters. The number of carbonyl (C=O) groups is 1. The van der Waals surface area contributed by atoms with Crippen molar-refractivity contribution in [3.63, 3.8) is 0 Å². The van der Waals surface area contributed by atoms with Gasteiger partial charge in [-0.2, -0.15) is 11.8 Å². The molecule has 1 nitrogen and oxygen atoms in total. The van der Waals surface area contributed by atoms with Gasteiger partial charge in [-0.15, -0.1) is 11.3 Å². The summed E-state index contributed by atoms with van der Waals surface area (Å²) in [6.07, 6.45) is 4.67. The Morgan fingerprint density at radius 2 is 1.90 bits per heavy atom. The molecule has 1 aliphatic heterocycles. The fourth-order valence-corrected chi connectivity index (χ4v) is 5.45. The number of benzene rings is 1. The Bertz CT molecular complexity index is 661. The quantitative estimate of drug-likeness (QED) is 0.771. The third-order valence-electron chi connectivity index (χ3n) is 4.21. The summed E-state index contributed by atoms with van der Waals surface area (Å²) in [6.45, 7) is 0. The molecule has 0 spiro atoms. The maximum Gasteiger partial charge on any atom is 0.202 e. The number of thiophene rings is 1. The maximum atomic E-state index is 12.7. The molecule has 0 atom stereocenters. The van der Waals surface area contributed by atoms with Gasteiger partial charge in [0.25, 0.3) is 0 Å². The van der Waals surface area contributed by atoms with Crippen LogP contribution in [0.25, 0.3) is 0 Å². The van der Waals surface area contributed by atoms with Crippen LogP contribution in [0.5, 0.6) is 0 Å². The van der Waals surface area contributed by atoms with Gasteiger partial charge < -0.3 is 0 Å². The fraction of sp³-hybridized carbons (Fsp3) is 0.353. The SMILES string of the molecule is O=C(c1ccc2c(c1)CCC2)c1cc2c(s1)CCSC2. The van der Waals surface area contributed by atoms with Gasteiger partial charge in [-0.25, -0.2) is 0 Å². The van der Waals surface area contributed by atoms with E-state index in [1.165, 1.54) is 40.2 Å². The van der Waals surface area contributed by atoms with Gasteiger partial charge in [-0.1, -0.05) is 12.1 Å². The summed E-state index contributed by atoms with van der Waals surface area (Å²) in [5.74, 6) is 2.48. The van der Waals surface area contributed by atoms with Gasteiger partial charge in [0.15, 0.2) is 0 Å². The molecule has 20 heavy (non-hydrogen) atoms. The fourth-order valence-electron chi connectivity index (χ4n) is 3.11. The normalized spacial score (nSPS) is 16.8. The van der Waals surface area contributed by atoms with E-state index in [0.717, 1.165) is 29.0 Å². The zero-order valence-electron chi connectivity index (χ0n) is 11.3. The minimum atomic E-state index is 0.212. The van der Waals surface area contributed by atoms with Gasteiger partial charge in [0, 0.05) is 16.2 Å². The van der Waals surface area contributed by atoms with Crippen LogP contribution in [-0.4, -0.2) is 11.5 Å². The van der Waals surface area contributed by atoms with Crippen LogP contribution in [0.4, 0.5) is 0 Å². The zero-order chi connectivity index (χ0) is 13.5. The average molecular weight is 300 g/mol. The third-order valence-corrected chi connectivity index (χ3v) is 6.46. The van der Waals surface area contributed by atoms with Gasteiger partial charge in [-0.05, 0) is 60.3 Å². The molecule has 0 amide bonds. The third kappa shape index (κ3) is 2.13. The maximum absolute atomic E-state index is 12.7. The second-order valence-electron chi connectivity index (χ2n) is 5.53. The average Bonchev–Trinajstić information content (AvgIpc) is 3.11. The largest absolute Gasteiger partial charge is 0.288 e. The predicted molar refractivity (Wildman–Crippen MR) is 86.1 cm³/mol. The molecule has 3 heteroatoms. The highest BCUT2D eigenvalue weighted by molar-refractivity contribution is 7.98. The monoisotopic (exact) mass is 300 g/mol. The highest BCUT2D eigenvalue weighted by Crippen LogP contribution is 2.33. The molecule has 0 saturated heterocycles. The first-order valence-electron chi connectivity index (χ1n) is 7.17. The van der Waals surface area contributed by atoms with Crippen molar-refractivity contribution in [1.82, 2.24) is 0 Å². The molecule has 4 rings (SSSR count). The number of hydrogen-bond donors (Lipinski definition) is 0. The minimum absolute atomic E-state index is 0.212. The summed E-state index contributed by atoms with van der Waals surface area (Å²) in [5, 5.41) is 0.